The molecule has 30 heavy (non-hydrogen) atoms. The summed E-state index contributed by atoms with van der Waals surface area (Å²) in [6.07, 6.45) is 1.92. The Morgan fingerprint density at radius 1 is 1.23 bits per heavy atom. The van der Waals surface area contributed by atoms with Gasteiger partial charge in [0.05, 0.1) is 20.2 Å². The topological polar surface area (TPSA) is 87.2 Å². The number of halogens is 1. The molecule has 0 aliphatic carbocycles. The molecule has 0 spiro atoms. The van der Waals surface area contributed by atoms with Crippen LogP contribution in [-0.2, 0) is 4.79 Å². The lowest BCUT2D eigenvalue weighted by molar-refractivity contribution is -0.122. The summed E-state index contributed by atoms with van der Waals surface area (Å²) in [5, 5.41) is 9.50. The van der Waals surface area contributed by atoms with Gasteiger partial charge in [-0.25, -0.2) is 4.99 Å². The minimum Gasteiger partial charge on any atom is -0.497 e. The van der Waals surface area contributed by atoms with E-state index >= 15 is 0 Å². The van der Waals surface area contributed by atoms with Gasteiger partial charge in [-0.2, -0.15) is 0 Å². The van der Waals surface area contributed by atoms with Gasteiger partial charge in [0.25, 0.3) is 0 Å². The van der Waals surface area contributed by atoms with E-state index in [1.165, 1.54) is 0 Å². The summed E-state index contributed by atoms with van der Waals surface area (Å²) in [6.45, 7) is 7.70. The van der Waals surface area contributed by atoms with E-state index in [1.807, 2.05) is 31.2 Å². The second-order valence-corrected chi connectivity index (χ2v) is 7.19. The molecule has 1 atom stereocenters. The van der Waals surface area contributed by atoms with Gasteiger partial charge in [0.15, 0.2) is 5.96 Å². The first-order valence-electron chi connectivity index (χ1n) is 10.3. The van der Waals surface area contributed by atoms with Crippen LogP contribution in [0.15, 0.2) is 29.3 Å². The third kappa shape index (κ3) is 9.38. The zero-order valence-corrected chi connectivity index (χ0v) is 20.8. The highest BCUT2D eigenvalue weighted by Crippen LogP contribution is 2.18. The Bertz CT molecular complexity index is 649. The third-order valence-corrected chi connectivity index (χ3v) is 4.82. The largest absolute Gasteiger partial charge is 0.497 e. The van der Waals surface area contributed by atoms with Crippen molar-refractivity contribution in [2.75, 3.05) is 46.9 Å². The molecule has 0 radical (unpaired) electrons. The minimum atomic E-state index is -0.0479. The van der Waals surface area contributed by atoms with E-state index in [4.69, 9.17) is 9.47 Å². The van der Waals surface area contributed by atoms with Crippen LogP contribution in [-0.4, -0.2) is 75.8 Å². The fourth-order valence-electron chi connectivity index (χ4n) is 3.17. The molecule has 170 valence electrons. The van der Waals surface area contributed by atoms with Gasteiger partial charge in [0.1, 0.15) is 17.6 Å². The molecule has 1 unspecified atom stereocenters. The lowest BCUT2D eigenvalue weighted by Gasteiger charge is -2.32. The zero-order valence-electron chi connectivity index (χ0n) is 18.4. The van der Waals surface area contributed by atoms with Crippen molar-refractivity contribution in [1.29, 1.82) is 0 Å². The number of piperidine rings is 1. The number of carbonyl (C=O) groups excluding carboxylic acids is 1. The molecule has 8 nitrogen and oxygen atoms in total. The van der Waals surface area contributed by atoms with Gasteiger partial charge in [-0.3, -0.25) is 9.69 Å². The molecule has 2 rings (SSSR count). The quantitative estimate of drug-likeness (QED) is 0.255. The van der Waals surface area contributed by atoms with Crippen LogP contribution in [0.1, 0.15) is 26.7 Å². The summed E-state index contributed by atoms with van der Waals surface area (Å²) in [5.74, 6) is 2.48. The van der Waals surface area contributed by atoms with Crippen molar-refractivity contribution in [3.63, 3.8) is 0 Å². The van der Waals surface area contributed by atoms with E-state index in [0.29, 0.717) is 19.1 Å². The van der Waals surface area contributed by atoms with E-state index in [2.05, 4.69) is 32.8 Å². The lowest BCUT2D eigenvalue weighted by atomic mass is 10.1. The number of nitrogens with one attached hydrogen (secondary N) is 3. The number of amides is 1. The maximum absolute atomic E-state index is 11.5. The molecule has 1 aliphatic heterocycles. The maximum Gasteiger partial charge on any atom is 0.233 e. The summed E-state index contributed by atoms with van der Waals surface area (Å²) in [6, 6.07) is 7.91. The third-order valence-electron chi connectivity index (χ3n) is 4.82. The number of hydrogen-bond donors (Lipinski definition) is 3. The average molecular weight is 533 g/mol. The van der Waals surface area contributed by atoms with Crippen molar-refractivity contribution in [2.45, 2.75) is 38.8 Å². The SMILES string of the molecule is CCNC(=NCC(C)Oc1ccc(OC)cc1)NC1CCN(CC(=O)NC)CC1.I. The first-order valence-corrected chi connectivity index (χ1v) is 10.3. The molecule has 0 bridgehead atoms. The fraction of sp³-hybridized carbons (Fsp3) is 0.619. The Labute approximate surface area is 197 Å². The number of likely N-dealkylation sites (N-methyl/N-ethyl adjacent to an activating group) is 1. The molecule has 0 aromatic heterocycles. The van der Waals surface area contributed by atoms with Gasteiger partial charge in [0.2, 0.25) is 5.91 Å². The van der Waals surface area contributed by atoms with Crippen LogP contribution < -0.4 is 25.4 Å². The highest BCUT2D eigenvalue weighted by molar-refractivity contribution is 14.0. The summed E-state index contributed by atoms with van der Waals surface area (Å²) >= 11 is 0. The Morgan fingerprint density at radius 2 is 1.87 bits per heavy atom. The van der Waals surface area contributed by atoms with Gasteiger partial charge < -0.3 is 25.4 Å². The van der Waals surface area contributed by atoms with Gasteiger partial charge >= 0.3 is 0 Å². The first kappa shape index (κ1) is 26.3. The van der Waals surface area contributed by atoms with Crippen molar-refractivity contribution in [2.24, 2.45) is 4.99 Å². The summed E-state index contributed by atoms with van der Waals surface area (Å²) < 4.78 is 11.1. The zero-order chi connectivity index (χ0) is 21.1. The molecule has 1 aromatic rings. The van der Waals surface area contributed by atoms with E-state index in [1.54, 1.807) is 14.2 Å². The second-order valence-electron chi connectivity index (χ2n) is 7.19. The molecular formula is C21H36IN5O3. The first-order chi connectivity index (χ1) is 14.0. The predicted molar refractivity (Wildman–Crippen MR) is 131 cm³/mol. The average Bonchev–Trinajstić information content (AvgIpc) is 2.74. The summed E-state index contributed by atoms with van der Waals surface area (Å²) in [4.78, 5) is 18.4. The van der Waals surface area contributed by atoms with Crippen molar-refractivity contribution >= 4 is 35.8 Å². The number of nitrogens with zero attached hydrogens (tertiary/aromatic N) is 2. The van der Waals surface area contributed by atoms with Crippen molar-refractivity contribution in [1.82, 2.24) is 20.9 Å². The van der Waals surface area contributed by atoms with Crippen LogP contribution in [0.3, 0.4) is 0 Å². The van der Waals surface area contributed by atoms with Gasteiger partial charge in [-0.05, 0) is 51.0 Å². The van der Waals surface area contributed by atoms with Crippen LogP contribution in [0.25, 0.3) is 0 Å². The molecule has 9 heteroatoms. The molecule has 1 fully saturated rings. The fourth-order valence-corrected chi connectivity index (χ4v) is 3.17. The molecular weight excluding hydrogens is 497 g/mol. The highest BCUT2D eigenvalue weighted by Gasteiger charge is 2.21. The molecule has 1 aliphatic rings. The van der Waals surface area contributed by atoms with Crippen LogP contribution in [0.5, 0.6) is 11.5 Å². The highest BCUT2D eigenvalue weighted by atomic mass is 127. The van der Waals surface area contributed by atoms with Crippen LogP contribution in [0.2, 0.25) is 0 Å². The molecule has 0 saturated carbocycles. The molecule has 1 heterocycles. The van der Waals surface area contributed by atoms with E-state index < -0.39 is 0 Å². The van der Waals surface area contributed by atoms with Crippen LogP contribution in [0, 0.1) is 0 Å². The number of aliphatic imine (C=N–C) groups is 1. The summed E-state index contributed by atoms with van der Waals surface area (Å²) in [5.41, 5.74) is 0. The number of ether oxygens (including phenoxy) is 2. The normalized spacial score (nSPS) is 16.2. The Morgan fingerprint density at radius 3 is 2.43 bits per heavy atom. The molecule has 1 amide bonds. The number of methoxy groups -OCH3 is 1. The standard InChI is InChI=1S/C21H35N5O3.HI/c1-5-23-21(25-17-10-12-26(13-11-17)15-20(27)22-3)24-14-16(2)29-19-8-6-18(28-4)7-9-19;/h6-9,16-17H,5,10-15H2,1-4H3,(H,22,27)(H2,23,24,25);1H. The second kappa shape index (κ2) is 14.3. The van der Waals surface area contributed by atoms with Crippen molar-refractivity contribution < 1.29 is 14.3 Å². The van der Waals surface area contributed by atoms with E-state index in [-0.39, 0.29) is 36.0 Å². The van der Waals surface area contributed by atoms with Crippen molar-refractivity contribution in [3.8, 4) is 11.5 Å². The van der Waals surface area contributed by atoms with E-state index in [9.17, 15) is 4.79 Å². The number of benzene rings is 1. The number of hydrogen-bond acceptors (Lipinski definition) is 5. The van der Waals surface area contributed by atoms with Crippen LogP contribution >= 0.6 is 24.0 Å². The number of rotatable bonds is 9. The number of carbonyl (C=O) groups is 1. The van der Waals surface area contributed by atoms with Crippen molar-refractivity contribution in [3.05, 3.63) is 24.3 Å². The Kier molecular flexibility index (Phi) is 12.5. The Balaban J connectivity index is 0.00000450. The van der Waals surface area contributed by atoms with Gasteiger partial charge in [-0.15, -0.1) is 24.0 Å². The van der Waals surface area contributed by atoms with Gasteiger partial charge in [0, 0.05) is 32.7 Å². The minimum absolute atomic E-state index is 0. The van der Waals surface area contributed by atoms with Gasteiger partial charge in [-0.1, -0.05) is 0 Å². The predicted octanol–water partition coefficient (Wildman–Crippen LogP) is 1.85. The number of likely N-dealkylation sites (tertiary alicyclic amines) is 1. The Hall–Kier alpha value is -1.75. The smallest absolute Gasteiger partial charge is 0.233 e. The lowest BCUT2D eigenvalue weighted by Crippen LogP contribution is -2.50. The number of guanidine groups is 1. The molecule has 1 aromatic carbocycles. The van der Waals surface area contributed by atoms with E-state index in [0.717, 1.165) is 49.9 Å². The monoisotopic (exact) mass is 533 g/mol. The molecule has 1 saturated heterocycles. The summed E-state index contributed by atoms with van der Waals surface area (Å²) in [7, 11) is 3.32. The maximum atomic E-state index is 11.5. The molecule has 3 N–H and O–H groups in total. The van der Waals surface area contributed by atoms with Crippen LogP contribution in [0.4, 0.5) is 0 Å².